The topological polar surface area (TPSA) is 101 Å². The van der Waals surface area contributed by atoms with Crippen molar-refractivity contribution in [3.63, 3.8) is 0 Å². The highest BCUT2D eigenvalue weighted by molar-refractivity contribution is 6.04. The van der Waals surface area contributed by atoms with Gasteiger partial charge < -0.3 is 24.3 Å². The Morgan fingerprint density at radius 3 is 2.00 bits per heavy atom. The number of halogens is 1. The summed E-state index contributed by atoms with van der Waals surface area (Å²) in [5.74, 6) is -0.316. The molecule has 0 radical (unpaired) electrons. The second kappa shape index (κ2) is 12.5. The lowest BCUT2D eigenvalue weighted by Crippen LogP contribution is -2.13. The molecule has 9 nitrogen and oxygen atoms in total. The molecule has 5 rings (SSSR count). The van der Waals surface area contributed by atoms with Crippen molar-refractivity contribution in [2.45, 2.75) is 6.92 Å². The first kappa shape index (κ1) is 28.9. The molecule has 43 heavy (non-hydrogen) atoms. The first-order valence-electron chi connectivity index (χ1n) is 13.2. The van der Waals surface area contributed by atoms with Crippen LogP contribution < -0.4 is 24.3 Å². The van der Waals surface area contributed by atoms with E-state index in [1.54, 1.807) is 47.1 Å². The molecule has 1 amide bonds. The van der Waals surface area contributed by atoms with Crippen LogP contribution in [0.15, 0.2) is 91.0 Å². The van der Waals surface area contributed by atoms with Crippen LogP contribution in [0.1, 0.15) is 17.3 Å². The molecule has 0 atom stereocenters. The monoisotopic (exact) mass is 581 g/mol. The number of methoxy groups -OCH3 is 3. The smallest absolute Gasteiger partial charge is 0.309 e. The molecular weight excluding hydrogens is 553 g/mol. The number of nitrogens with zero attached hydrogens (tertiary/aromatic N) is 2. The number of hydrogen-bond donors (Lipinski definition) is 1. The molecule has 218 valence electrons. The van der Waals surface area contributed by atoms with Crippen molar-refractivity contribution in [1.29, 1.82) is 0 Å². The SMILES string of the molecule is COc1cc(-c2nn(-c3ccccc3)c(OC(C)=O)c2-c2ccc(NC(=O)c3ccccc3F)cc2)cc(OC)c1OC. The summed E-state index contributed by atoms with van der Waals surface area (Å²) in [5.41, 5.74) is 3.22. The zero-order valence-corrected chi connectivity index (χ0v) is 23.9. The normalized spacial score (nSPS) is 10.6. The maximum atomic E-state index is 14.1. The molecule has 4 aromatic carbocycles. The maximum Gasteiger partial charge on any atom is 0.309 e. The number of para-hydroxylation sites is 1. The summed E-state index contributed by atoms with van der Waals surface area (Å²) in [6.07, 6.45) is 0. The first-order valence-corrected chi connectivity index (χ1v) is 13.2. The fourth-order valence-electron chi connectivity index (χ4n) is 4.62. The average molecular weight is 582 g/mol. The van der Waals surface area contributed by atoms with E-state index in [0.29, 0.717) is 51.0 Å². The van der Waals surface area contributed by atoms with Gasteiger partial charge in [0.15, 0.2) is 11.5 Å². The number of esters is 1. The number of rotatable bonds is 9. The minimum absolute atomic E-state index is 0.0717. The molecule has 0 fully saturated rings. The lowest BCUT2D eigenvalue weighted by molar-refractivity contribution is -0.132. The second-order valence-corrected chi connectivity index (χ2v) is 9.30. The fraction of sp³-hybridized carbons (Fsp3) is 0.121. The Hall–Kier alpha value is -5.64. The third-order valence-electron chi connectivity index (χ3n) is 6.57. The van der Waals surface area contributed by atoms with E-state index in [4.69, 9.17) is 24.0 Å². The van der Waals surface area contributed by atoms with Crippen LogP contribution in [0.4, 0.5) is 10.1 Å². The van der Waals surface area contributed by atoms with Gasteiger partial charge in [-0.2, -0.15) is 9.78 Å². The quantitative estimate of drug-likeness (QED) is 0.197. The number of ether oxygens (including phenoxy) is 4. The van der Waals surface area contributed by atoms with Gasteiger partial charge in [-0.05, 0) is 54.1 Å². The number of hydrogen-bond acceptors (Lipinski definition) is 7. The standard InChI is InChI=1S/C33H28FN3O6/c1-20(38)43-33-29(21-14-16-23(17-15-21)35-32(39)25-12-8-9-13-26(25)34)30(36-37(33)24-10-6-5-7-11-24)22-18-27(40-2)31(42-4)28(19-22)41-3/h5-19H,1-4H3,(H,35,39). The Labute approximate surface area is 247 Å². The third kappa shape index (κ3) is 5.89. The minimum atomic E-state index is -0.619. The van der Waals surface area contributed by atoms with E-state index in [2.05, 4.69) is 5.32 Å². The number of benzene rings is 4. The van der Waals surface area contributed by atoms with Gasteiger partial charge in [-0.25, -0.2) is 4.39 Å². The predicted octanol–water partition coefficient (Wildman–Crippen LogP) is 6.55. The molecule has 1 N–H and O–H groups in total. The molecular formula is C33H28FN3O6. The van der Waals surface area contributed by atoms with Crippen molar-refractivity contribution >= 4 is 17.6 Å². The Bertz CT molecular complexity index is 1760. The highest BCUT2D eigenvalue weighted by atomic mass is 19.1. The van der Waals surface area contributed by atoms with E-state index in [1.807, 2.05) is 30.3 Å². The molecule has 0 unspecified atom stereocenters. The largest absolute Gasteiger partial charge is 0.493 e. The fourth-order valence-corrected chi connectivity index (χ4v) is 4.62. The molecule has 1 heterocycles. The van der Waals surface area contributed by atoms with Crippen molar-refractivity contribution in [2.75, 3.05) is 26.6 Å². The lowest BCUT2D eigenvalue weighted by atomic mass is 10.00. The summed E-state index contributed by atoms with van der Waals surface area (Å²) >= 11 is 0. The number of anilines is 1. The summed E-state index contributed by atoms with van der Waals surface area (Å²) in [5, 5.41) is 7.60. The van der Waals surface area contributed by atoms with Crippen molar-refractivity contribution in [2.24, 2.45) is 0 Å². The predicted molar refractivity (Wildman–Crippen MR) is 160 cm³/mol. The molecule has 1 aromatic heterocycles. The molecule has 0 saturated carbocycles. The Kier molecular flexibility index (Phi) is 8.38. The first-order chi connectivity index (χ1) is 20.8. The van der Waals surface area contributed by atoms with E-state index in [0.717, 1.165) is 0 Å². The summed E-state index contributed by atoms with van der Waals surface area (Å²) in [6, 6.07) is 25.3. The van der Waals surface area contributed by atoms with Gasteiger partial charge >= 0.3 is 5.97 Å². The number of carbonyl (C=O) groups excluding carboxylic acids is 2. The van der Waals surface area contributed by atoms with Crippen LogP contribution in [-0.4, -0.2) is 43.0 Å². The van der Waals surface area contributed by atoms with Crippen LogP contribution in [-0.2, 0) is 4.79 Å². The Balaban J connectivity index is 1.67. The molecule has 5 aromatic rings. The maximum absolute atomic E-state index is 14.1. The van der Waals surface area contributed by atoms with Crippen LogP contribution in [0.5, 0.6) is 23.1 Å². The van der Waals surface area contributed by atoms with Gasteiger partial charge in [0, 0.05) is 18.2 Å². The lowest BCUT2D eigenvalue weighted by Gasteiger charge is -2.14. The second-order valence-electron chi connectivity index (χ2n) is 9.30. The minimum Gasteiger partial charge on any atom is -0.493 e. The molecule has 0 aliphatic rings. The third-order valence-corrected chi connectivity index (χ3v) is 6.57. The van der Waals surface area contributed by atoms with Gasteiger partial charge in [0.05, 0.1) is 38.1 Å². The highest BCUT2D eigenvalue weighted by Crippen LogP contribution is 2.46. The zero-order valence-electron chi connectivity index (χ0n) is 23.9. The molecule has 0 aliphatic carbocycles. The van der Waals surface area contributed by atoms with Crippen LogP contribution in [0.3, 0.4) is 0 Å². The number of aromatic nitrogens is 2. The van der Waals surface area contributed by atoms with Crippen LogP contribution in [0, 0.1) is 5.82 Å². The van der Waals surface area contributed by atoms with Gasteiger partial charge in [0.1, 0.15) is 11.5 Å². The summed E-state index contributed by atoms with van der Waals surface area (Å²) in [7, 11) is 4.55. The highest BCUT2D eigenvalue weighted by Gasteiger charge is 2.26. The van der Waals surface area contributed by atoms with E-state index >= 15 is 0 Å². The molecule has 10 heteroatoms. The number of amides is 1. The van der Waals surface area contributed by atoms with Crippen molar-refractivity contribution in [3.05, 3.63) is 102 Å². The van der Waals surface area contributed by atoms with Crippen molar-refractivity contribution in [3.8, 4) is 51.2 Å². The summed E-state index contributed by atoms with van der Waals surface area (Å²) in [4.78, 5) is 25.0. The van der Waals surface area contributed by atoms with E-state index in [1.165, 1.54) is 46.5 Å². The van der Waals surface area contributed by atoms with Crippen LogP contribution in [0.2, 0.25) is 0 Å². The molecule has 0 bridgehead atoms. The van der Waals surface area contributed by atoms with Gasteiger partial charge in [-0.1, -0.05) is 42.5 Å². The van der Waals surface area contributed by atoms with Crippen molar-refractivity contribution < 1.29 is 32.9 Å². The average Bonchev–Trinajstić information content (AvgIpc) is 3.39. The van der Waals surface area contributed by atoms with Gasteiger partial charge in [-0.15, -0.1) is 0 Å². The molecule has 0 spiro atoms. The number of nitrogens with one attached hydrogen (secondary N) is 1. The van der Waals surface area contributed by atoms with Gasteiger partial charge in [-0.3, -0.25) is 9.59 Å². The van der Waals surface area contributed by atoms with Crippen LogP contribution in [0.25, 0.3) is 28.1 Å². The molecule has 0 aliphatic heterocycles. The summed E-state index contributed by atoms with van der Waals surface area (Å²) < 4.78 is 38.1. The summed E-state index contributed by atoms with van der Waals surface area (Å²) in [6.45, 7) is 1.31. The van der Waals surface area contributed by atoms with E-state index < -0.39 is 17.7 Å². The Morgan fingerprint density at radius 2 is 1.42 bits per heavy atom. The van der Waals surface area contributed by atoms with Gasteiger partial charge in [0.25, 0.3) is 5.91 Å². The Morgan fingerprint density at radius 1 is 0.791 bits per heavy atom. The van der Waals surface area contributed by atoms with Gasteiger partial charge in [0.2, 0.25) is 11.6 Å². The van der Waals surface area contributed by atoms with Crippen LogP contribution >= 0.6 is 0 Å². The van der Waals surface area contributed by atoms with E-state index in [-0.39, 0.29) is 11.4 Å². The van der Waals surface area contributed by atoms with Crippen molar-refractivity contribution in [1.82, 2.24) is 9.78 Å². The zero-order chi connectivity index (χ0) is 30.5. The molecule has 0 saturated heterocycles. The van der Waals surface area contributed by atoms with E-state index in [9.17, 15) is 14.0 Å². The number of carbonyl (C=O) groups is 2.